The Kier molecular flexibility index (Phi) is 4.81. The molecule has 3 atom stereocenters. The van der Waals surface area contributed by atoms with Crippen LogP contribution in [0.15, 0.2) is 42.5 Å². The Labute approximate surface area is 164 Å². The van der Waals surface area contributed by atoms with Gasteiger partial charge in [-0.15, -0.1) is 0 Å². The SMILES string of the molecule is COC(=O)c1cc(O)cc(C(=O)N2C[C@@H]3CNC[C@@H]3[C@H]2c2ccccc2C)c1. The van der Waals surface area contributed by atoms with Crippen LogP contribution in [0.25, 0.3) is 0 Å². The van der Waals surface area contributed by atoms with E-state index in [0.29, 0.717) is 23.9 Å². The molecule has 2 N–H and O–H groups in total. The van der Waals surface area contributed by atoms with Gasteiger partial charge in [0, 0.05) is 31.1 Å². The number of likely N-dealkylation sites (tertiary alicyclic amines) is 1. The van der Waals surface area contributed by atoms with Gasteiger partial charge in [-0.2, -0.15) is 0 Å². The van der Waals surface area contributed by atoms with Crippen molar-refractivity contribution in [2.24, 2.45) is 11.8 Å². The lowest BCUT2D eigenvalue weighted by Gasteiger charge is -2.30. The normalized spacial score (nSPS) is 23.5. The van der Waals surface area contributed by atoms with Crippen molar-refractivity contribution in [1.29, 1.82) is 0 Å². The molecule has 0 spiro atoms. The Balaban J connectivity index is 1.73. The molecular formula is C22H24N2O4. The molecule has 1 amide bonds. The molecule has 2 aromatic carbocycles. The fraction of sp³-hybridized carbons (Fsp3) is 0.364. The van der Waals surface area contributed by atoms with E-state index in [0.717, 1.165) is 24.2 Å². The van der Waals surface area contributed by atoms with Crippen LogP contribution < -0.4 is 5.32 Å². The molecule has 0 unspecified atom stereocenters. The summed E-state index contributed by atoms with van der Waals surface area (Å²) in [6, 6.07) is 12.3. The molecule has 2 aliphatic rings. The van der Waals surface area contributed by atoms with Gasteiger partial charge in [-0.3, -0.25) is 4.79 Å². The Hall–Kier alpha value is -2.86. The number of nitrogens with one attached hydrogen (secondary N) is 1. The first-order chi connectivity index (χ1) is 13.5. The summed E-state index contributed by atoms with van der Waals surface area (Å²) in [6.45, 7) is 4.49. The van der Waals surface area contributed by atoms with E-state index < -0.39 is 5.97 Å². The second-order valence-electron chi connectivity index (χ2n) is 7.60. The molecule has 4 rings (SSSR count). The predicted octanol–water partition coefficient (Wildman–Crippen LogP) is 2.52. The number of aromatic hydroxyl groups is 1. The van der Waals surface area contributed by atoms with E-state index in [2.05, 4.69) is 24.4 Å². The van der Waals surface area contributed by atoms with Gasteiger partial charge in [-0.25, -0.2) is 4.79 Å². The van der Waals surface area contributed by atoms with Crippen molar-refractivity contribution >= 4 is 11.9 Å². The average molecular weight is 380 g/mol. The first-order valence-corrected chi connectivity index (χ1v) is 9.49. The van der Waals surface area contributed by atoms with E-state index in [1.54, 1.807) is 0 Å². The molecule has 0 bridgehead atoms. The number of esters is 1. The molecule has 0 radical (unpaired) electrons. The molecule has 2 heterocycles. The largest absolute Gasteiger partial charge is 0.508 e. The molecule has 2 fully saturated rings. The van der Waals surface area contributed by atoms with Crippen LogP contribution >= 0.6 is 0 Å². The molecular weight excluding hydrogens is 356 g/mol. The monoisotopic (exact) mass is 380 g/mol. The van der Waals surface area contributed by atoms with E-state index >= 15 is 0 Å². The van der Waals surface area contributed by atoms with Gasteiger partial charge in [-0.05, 0) is 42.2 Å². The van der Waals surface area contributed by atoms with Gasteiger partial charge in [0.2, 0.25) is 0 Å². The highest BCUT2D eigenvalue weighted by Crippen LogP contribution is 2.44. The van der Waals surface area contributed by atoms with Gasteiger partial charge in [0.25, 0.3) is 5.91 Å². The lowest BCUT2D eigenvalue weighted by atomic mass is 9.87. The van der Waals surface area contributed by atoms with Gasteiger partial charge in [0.1, 0.15) is 5.75 Å². The minimum Gasteiger partial charge on any atom is -0.508 e. The molecule has 2 aliphatic heterocycles. The number of amides is 1. The molecule has 6 nitrogen and oxygen atoms in total. The summed E-state index contributed by atoms with van der Waals surface area (Å²) in [7, 11) is 1.27. The maximum absolute atomic E-state index is 13.4. The lowest BCUT2D eigenvalue weighted by molar-refractivity contribution is 0.0600. The van der Waals surface area contributed by atoms with Gasteiger partial charge < -0.3 is 20.1 Å². The van der Waals surface area contributed by atoms with Crippen LogP contribution in [-0.4, -0.2) is 48.6 Å². The van der Waals surface area contributed by atoms with Crippen LogP contribution in [0.5, 0.6) is 5.75 Å². The zero-order valence-corrected chi connectivity index (χ0v) is 16.0. The fourth-order valence-electron chi connectivity index (χ4n) is 4.58. The maximum Gasteiger partial charge on any atom is 0.338 e. The van der Waals surface area contributed by atoms with Crippen LogP contribution in [0.2, 0.25) is 0 Å². The van der Waals surface area contributed by atoms with Crippen molar-refractivity contribution in [2.75, 3.05) is 26.7 Å². The van der Waals surface area contributed by atoms with Crippen molar-refractivity contribution in [2.45, 2.75) is 13.0 Å². The second kappa shape index (κ2) is 7.28. The van der Waals surface area contributed by atoms with E-state index in [4.69, 9.17) is 4.74 Å². The average Bonchev–Trinajstić information content (AvgIpc) is 3.28. The van der Waals surface area contributed by atoms with Crippen LogP contribution in [0.3, 0.4) is 0 Å². The molecule has 146 valence electrons. The smallest absolute Gasteiger partial charge is 0.338 e. The van der Waals surface area contributed by atoms with E-state index in [1.165, 1.54) is 25.3 Å². The second-order valence-corrected chi connectivity index (χ2v) is 7.60. The summed E-state index contributed by atoms with van der Waals surface area (Å²) in [5.41, 5.74) is 2.77. The number of nitrogens with zero attached hydrogens (tertiary/aromatic N) is 1. The van der Waals surface area contributed by atoms with Gasteiger partial charge in [-0.1, -0.05) is 24.3 Å². The third kappa shape index (κ3) is 3.14. The van der Waals surface area contributed by atoms with Gasteiger partial charge in [0.15, 0.2) is 0 Å². The van der Waals surface area contributed by atoms with E-state index in [1.807, 2.05) is 17.0 Å². The number of phenols is 1. The highest BCUT2D eigenvalue weighted by Gasteiger charge is 2.47. The number of carbonyl (C=O) groups is 2. The summed E-state index contributed by atoms with van der Waals surface area (Å²) in [5, 5.41) is 13.5. The number of ether oxygens (including phenoxy) is 1. The van der Waals surface area contributed by atoms with Crippen molar-refractivity contribution in [3.8, 4) is 5.75 Å². The highest BCUT2D eigenvalue weighted by atomic mass is 16.5. The van der Waals surface area contributed by atoms with Crippen LogP contribution in [0.4, 0.5) is 0 Å². The Morgan fingerprint density at radius 3 is 2.64 bits per heavy atom. The van der Waals surface area contributed by atoms with Crippen molar-refractivity contribution in [3.63, 3.8) is 0 Å². The number of methoxy groups -OCH3 is 1. The third-order valence-electron chi connectivity index (χ3n) is 5.92. The molecule has 6 heteroatoms. The van der Waals surface area contributed by atoms with Crippen LogP contribution in [0, 0.1) is 18.8 Å². The Morgan fingerprint density at radius 1 is 1.14 bits per heavy atom. The third-order valence-corrected chi connectivity index (χ3v) is 5.92. The number of benzene rings is 2. The Bertz CT molecular complexity index is 927. The summed E-state index contributed by atoms with van der Waals surface area (Å²) >= 11 is 0. The van der Waals surface area contributed by atoms with Gasteiger partial charge >= 0.3 is 5.97 Å². The van der Waals surface area contributed by atoms with Crippen LogP contribution in [0.1, 0.15) is 37.9 Å². The number of rotatable bonds is 3. The maximum atomic E-state index is 13.4. The van der Waals surface area contributed by atoms with Gasteiger partial charge in [0.05, 0.1) is 18.7 Å². The van der Waals surface area contributed by atoms with Crippen LogP contribution in [-0.2, 0) is 4.74 Å². The number of fused-ring (bicyclic) bond motifs is 1. The zero-order chi connectivity index (χ0) is 19.8. The minimum absolute atomic E-state index is 0.0300. The summed E-state index contributed by atoms with van der Waals surface area (Å²) < 4.78 is 4.74. The minimum atomic E-state index is -0.581. The quantitative estimate of drug-likeness (QED) is 0.800. The predicted molar refractivity (Wildman–Crippen MR) is 104 cm³/mol. The molecule has 0 aromatic heterocycles. The molecule has 0 saturated carbocycles. The zero-order valence-electron chi connectivity index (χ0n) is 16.0. The Morgan fingerprint density at radius 2 is 1.89 bits per heavy atom. The van der Waals surface area contributed by atoms with E-state index in [9.17, 15) is 14.7 Å². The number of carbonyl (C=O) groups excluding carboxylic acids is 2. The standard InChI is InChI=1S/C22H24N2O4/c1-13-5-3-4-6-18(13)20-19-11-23-10-16(19)12-24(20)21(26)14-7-15(22(27)28-2)9-17(25)8-14/h3-9,16,19-20,23,25H,10-12H2,1-2H3/t16-,19-,20+/m0/s1. The first-order valence-electron chi connectivity index (χ1n) is 9.49. The molecule has 2 aromatic rings. The fourth-order valence-corrected chi connectivity index (χ4v) is 4.58. The van der Waals surface area contributed by atoms with Crippen molar-refractivity contribution in [1.82, 2.24) is 10.2 Å². The molecule has 2 saturated heterocycles. The molecule has 28 heavy (non-hydrogen) atoms. The number of aryl methyl sites for hydroxylation is 1. The summed E-state index contributed by atoms with van der Waals surface area (Å²) in [5.74, 6) is -0.139. The highest BCUT2D eigenvalue weighted by molar-refractivity contribution is 5.99. The topological polar surface area (TPSA) is 78.9 Å². The molecule has 0 aliphatic carbocycles. The first kappa shape index (κ1) is 18.5. The number of hydrogen-bond acceptors (Lipinski definition) is 5. The summed E-state index contributed by atoms with van der Waals surface area (Å²) in [4.78, 5) is 27.2. The van der Waals surface area contributed by atoms with Crippen molar-refractivity contribution in [3.05, 3.63) is 64.7 Å². The van der Waals surface area contributed by atoms with Crippen molar-refractivity contribution < 1.29 is 19.4 Å². The number of phenolic OH excluding ortho intramolecular Hbond substituents is 1. The van der Waals surface area contributed by atoms with E-state index in [-0.39, 0.29) is 23.3 Å². The number of hydrogen-bond donors (Lipinski definition) is 2. The lowest BCUT2D eigenvalue weighted by Crippen LogP contribution is -2.35. The summed E-state index contributed by atoms with van der Waals surface area (Å²) in [6.07, 6.45) is 0.